The van der Waals surface area contributed by atoms with Gasteiger partial charge in [-0.3, -0.25) is 0 Å². The van der Waals surface area contributed by atoms with E-state index in [9.17, 15) is 0 Å². The van der Waals surface area contributed by atoms with Crippen LogP contribution in [-0.4, -0.2) is 9.97 Å². The van der Waals surface area contributed by atoms with Crippen molar-refractivity contribution in [3.8, 4) is 0 Å². The van der Waals surface area contributed by atoms with E-state index < -0.39 is 0 Å². The molecule has 0 spiro atoms. The maximum atomic E-state index is 5.98. The van der Waals surface area contributed by atoms with Gasteiger partial charge in [-0.05, 0) is 36.2 Å². The van der Waals surface area contributed by atoms with Gasteiger partial charge >= 0.3 is 0 Å². The van der Waals surface area contributed by atoms with Crippen molar-refractivity contribution < 1.29 is 0 Å². The third kappa shape index (κ3) is 3.00. The van der Waals surface area contributed by atoms with Gasteiger partial charge in [-0.25, -0.2) is 4.98 Å². The standard InChI is InChI=1S/C11H8Cl3N3/c1-6-3-2-4-7(5-6)15-10-8(12)9(13)16-11(14)17-10/h2-5H,1H3,(H,15,16,17). The Bertz CT molecular complexity index is 558. The fraction of sp³-hybridized carbons (Fsp3) is 0.0909. The molecular weight excluding hydrogens is 281 g/mol. The average molecular weight is 289 g/mol. The van der Waals surface area contributed by atoms with E-state index in [1.165, 1.54) is 0 Å². The zero-order valence-electron chi connectivity index (χ0n) is 8.84. The van der Waals surface area contributed by atoms with Crippen molar-refractivity contribution in [2.45, 2.75) is 6.92 Å². The highest BCUT2D eigenvalue weighted by molar-refractivity contribution is 6.43. The summed E-state index contributed by atoms with van der Waals surface area (Å²) in [6.45, 7) is 1.99. The van der Waals surface area contributed by atoms with Crippen molar-refractivity contribution >= 4 is 46.3 Å². The number of nitrogens with one attached hydrogen (secondary N) is 1. The van der Waals surface area contributed by atoms with E-state index in [4.69, 9.17) is 34.8 Å². The van der Waals surface area contributed by atoms with E-state index in [1.54, 1.807) is 0 Å². The van der Waals surface area contributed by atoms with Crippen molar-refractivity contribution in [2.75, 3.05) is 5.32 Å². The molecule has 0 fully saturated rings. The molecule has 0 saturated carbocycles. The van der Waals surface area contributed by atoms with E-state index in [-0.39, 0.29) is 15.5 Å². The molecule has 0 saturated heterocycles. The minimum Gasteiger partial charge on any atom is -0.339 e. The molecule has 0 aliphatic carbocycles. The number of halogens is 3. The number of anilines is 2. The van der Waals surface area contributed by atoms with Crippen LogP contribution in [0.2, 0.25) is 15.5 Å². The zero-order chi connectivity index (χ0) is 12.4. The fourth-order valence-electron chi connectivity index (χ4n) is 1.34. The highest BCUT2D eigenvalue weighted by Gasteiger charge is 2.10. The highest BCUT2D eigenvalue weighted by atomic mass is 35.5. The van der Waals surface area contributed by atoms with Gasteiger partial charge in [0.15, 0.2) is 11.0 Å². The van der Waals surface area contributed by atoms with Gasteiger partial charge in [-0.1, -0.05) is 35.3 Å². The molecule has 0 amide bonds. The topological polar surface area (TPSA) is 37.8 Å². The SMILES string of the molecule is Cc1cccc(Nc2nc(Cl)nc(Cl)c2Cl)c1. The maximum Gasteiger partial charge on any atom is 0.225 e. The van der Waals surface area contributed by atoms with E-state index >= 15 is 0 Å². The lowest BCUT2D eigenvalue weighted by molar-refractivity contribution is 1.17. The van der Waals surface area contributed by atoms with Gasteiger partial charge in [0, 0.05) is 5.69 Å². The van der Waals surface area contributed by atoms with E-state index in [1.807, 2.05) is 31.2 Å². The molecule has 88 valence electrons. The van der Waals surface area contributed by atoms with Gasteiger partial charge in [0.05, 0.1) is 0 Å². The smallest absolute Gasteiger partial charge is 0.225 e. The summed E-state index contributed by atoms with van der Waals surface area (Å²) in [5, 5.41) is 3.47. The summed E-state index contributed by atoms with van der Waals surface area (Å²) >= 11 is 17.5. The second-order valence-electron chi connectivity index (χ2n) is 3.44. The third-order valence-corrected chi connectivity index (χ3v) is 2.96. The van der Waals surface area contributed by atoms with Gasteiger partial charge in [0.2, 0.25) is 5.28 Å². The van der Waals surface area contributed by atoms with Crippen LogP contribution in [-0.2, 0) is 0 Å². The molecule has 0 bridgehead atoms. The number of rotatable bonds is 2. The van der Waals surface area contributed by atoms with E-state index in [0.29, 0.717) is 5.82 Å². The minimum atomic E-state index is 0.0505. The summed E-state index contributed by atoms with van der Waals surface area (Å²) in [5.41, 5.74) is 1.98. The Labute approximate surface area is 114 Å². The maximum absolute atomic E-state index is 5.98. The lowest BCUT2D eigenvalue weighted by Crippen LogP contribution is -1.97. The Morgan fingerprint density at radius 1 is 1.12 bits per heavy atom. The first-order valence-electron chi connectivity index (χ1n) is 4.78. The summed E-state index contributed by atoms with van der Waals surface area (Å²) in [5.74, 6) is 0.391. The largest absolute Gasteiger partial charge is 0.339 e. The summed E-state index contributed by atoms with van der Waals surface area (Å²) in [6, 6.07) is 7.77. The fourth-order valence-corrected chi connectivity index (χ4v) is 1.85. The Morgan fingerprint density at radius 3 is 2.59 bits per heavy atom. The molecule has 0 aliphatic rings. The van der Waals surface area contributed by atoms with Crippen LogP contribution in [0, 0.1) is 6.92 Å². The van der Waals surface area contributed by atoms with Crippen LogP contribution in [0.4, 0.5) is 11.5 Å². The van der Waals surface area contributed by atoms with Gasteiger partial charge in [0.1, 0.15) is 5.02 Å². The molecule has 0 atom stereocenters. The predicted molar refractivity (Wildman–Crippen MR) is 71.5 cm³/mol. The summed E-state index contributed by atoms with van der Waals surface area (Å²) in [6.07, 6.45) is 0. The molecule has 1 heterocycles. The number of hydrogen-bond donors (Lipinski definition) is 1. The van der Waals surface area contributed by atoms with Crippen molar-refractivity contribution in [3.63, 3.8) is 0 Å². The normalized spacial score (nSPS) is 10.4. The van der Waals surface area contributed by atoms with E-state index in [0.717, 1.165) is 11.3 Å². The van der Waals surface area contributed by atoms with Crippen LogP contribution in [0.25, 0.3) is 0 Å². The van der Waals surface area contributed by atoms with Crippen LogP contribution in [0.3, 0.4) is 0 Å². The van der Waals surface area contributed by atoms with Gasteiger partial charge in [0.25, 0.3) is 0 Å². The second kappa shape index (κ2) is 5.08. The Kier molecular flexibility index (Phi) is 3.72. The molecule has 2 aromatic rings. The van der Waals surface area contributed by atoms with Crippen LogP contribution in [0.1, 0.15) is 5.56 Å². The molecule has 3 nitrogen and oxygen atoms in total. The van der Waals surface area contributed by atoms with Crippen LogP contribution in [0.15, 0.2) is 24.3 Å². The summed E-state index contributed by atoms with van der Waals surface area (Å²) < 4.78 is 0. The summed E-state index contributed by atoms with van der Waals surface area (Å²) in [7, 11) is 0. The number of benzene rings is 1. The molecule has 0 radical (unpaired) electrons. The third-order valence-electron chi connectivity index (χ3n) is 2.06. The monoisotopic (exact) mass is 287 g/mol. The lowest BCUT2D eigenvalue weighted by Gasteiger charge is -2.08. The van der Waals surface area contributed by atoms with Crippen molar-refractivity contribution in [3.05, 3.63) is 45.3 Å². The van der Waals surface area contributed by atoms with Crippen molar-refractivity contribution in [1.29, 1.82) is 0 Å². The lowest BCUT2D eigenvalue weighted by atomic mass is 10.2. The molecule has 2 rings (SSSR count). The van der Waals surface area contributed by atoms with Crippen molar-refractivity contribution in [2.24, 2.45) is 0 Å². The number of hydrogen-bond acceptors (Lipinski definition) is 3. The van der Waals surface area contributed by atoms with Gasteiger partial charge in [-0.2, -0.15) is 4.98 Å². The molecule has 0 aliphatic heterocycles. The Balaban J connectivity index is 2.36. The Hall–Kier alpha value is -1.03. The van der Waals surface area contributed by atoms with Crippen LogP contribution in [0.5, 0.6) is 0 Å². The molecule has 1 aromatic heterocycles. The van der Waals surface area contributed by atoms with Crippen molar-refractivity contribution in [1.82, 2.24) is 9.97 Å². The minimum absolute atomic E-state index is 0.0505. The number of aryl methyl sites for hydroxylation is 1. The number of nitrogens with zero attached hydrogens (tertiary/aromatic N) is 2. The zero-order valence-corrected chi connectivity index (χ0v) is 11.1. The van der Waals surface area contributed by atoms with Gasteiger partial charge in [-0.15, -0.1) is 0 Å². The van der Waals surface area contributed by atoms with Gasteiger partial charge < -0.3 is 5.32 Å². The molecule has 1 N–H and O–H groups in total. The number of aromatic nitrogens is 2. The molecule has 1 aromatic carbocycles. The molecule has 6 heteroatoms. The molecular formula is C11H8Cl3N3. The predicted octanol–water partition coefficient (Wildman–Crippen LogP) is 4.49. The first-order valence-corrected chi connectivity index (χ1v) is 5.92. The summed E-state index contributed by atoms with van der Waals surface area (Å²) in [4.78, 5) is 7.73. The highest BCUT2D eigenvalue weighted by Crippen LogP contribution is 2.30. The van der Waals surface area contributed by atoms with Crippen LogP contribution < -0.4 is 5.32 Å². The molecule has 0 unspecified atom stereocenters. The van der Waals surface area contributed by atoms with E-state index in [2.05, 4.69) is 15.3 Å². The first-order chi connectivity index (χ1) is 8.06. The average Bonchev–Trinajstić information content (AvgIpc) is 2.25. The quantitative estimate of drug-likeness (QED) is 0.653. The Morgan fingerprint density at radius 2 is 1.88 bits per heavy atom. The first kappa shape index (κ1) is 12.4. The van der Waals surface area contributed by atoms with Crippen LogP contribution >= 0.6 is 34.8 Å². The second-order valence-corrected chi connectivity index (χ2v) is 4.51. The molecule has 17 heavy (non-hydrogen) atoms.